The molecule has 3 aromatic rings. The number of anilines is 1. The minimum Gasteiger partial charge on any atom is -0.326 e. The highest BCUT2D eigenvalue weighted by molar-refractivity contribution is 7.19. The number of rotatable bonds is 4. The molecule has 0 fully saturated rings. The minimum atomic E-state index is 0.0386. The van der Waals surface area contributed by atoms with E-state index in [0.29, 0.717) is 6.42 Å². The Morgan fingerprint density at radius 3 is 2.86 bits per heavy atom. The molecule has 3 rings (SSSR count). The summed E-state index contributed by atoms with van der Waals surface area (Å²) in [5.74, 6) is 0.804. The number of hydrogen-bond donors (Lipinski definition) is 1. The molecule has 1 N–H and O–H groups in total. The van der Waals surface area contributed by atoms with Crippen LogP contribution in [0.4, 0.5) is 5.69 Å². The summed E-state index contributed by atoms with van der Waals surface area (Å²) in [5, 5.41) is 16.4. The van der Waals surface area contributed by atoms with Gasteiger partial charge in [0.25, 0.3) is 0 Å². The van der Waals surface area contributed by atoms with Crippen LogP contribution in [0, 0.1) is 13.8 Å². The fourth-order valence-electron chi connectivity index (χ4n) is 2.16. The number of aryl methyl sites for hydroxylation is 2. The van der Waals surface area contributed by atoms with E-state index in [2.05, 4.69) is 20.6 Å². The first kappa shape index (κ1) is 14.6. The van der Waals surface area contributed by atoms with Crippen molar-refractivity contribution in [2.75, 3.05) is 5.32 Å². The first-order valence-electron chi connectivity index (χ1n) is 7.18. The molecule has 6 nitrogen and oxygen atoms in total. The molecule has 0 bridgehead atoms. The summed E-state index contributed by atoms with van der Waals surface area (Å²) in [6, 6.07) is 5.96. The monoisotopic (exact) mass is 315 g/mol. The molecule has 0 spiro atoms. The Labute approximate surface area is 132 Å². The number of fused-ring (bicyclic) bond motifs is 1. The molecule has 0 radical (unpaired) electrons. The SMILES string of the molecule is CCCC(=O)Nc1cc(-c2nn3c(C)nnc3s2)ccc1C. The van der Waals surface area contributed by atoms with Crippen LogP contribution in [0.5, 0.6) is 0 Å². The average molecular weight is 315 g/mol. The topological polar surface area (TPSA) is 72.2 Å². The minimum absolute atomic E-state index is 0.0386. The first-order chi connectivity index (χ1) is 10.6. The molecule has 7 heteroatoms. The van der Waals surface area contributed by atoms with Crippen LogP contribution in [0.2, 0.25) is 0 Å². The van der Waals surface area contributed by atoms with E-state index in [-0.39, 0.29) is 5.91 Å². The lowest BCUT2D eigenvalue weighted by molar-refractivity contribution is -0.116. The van der Waals surface area contributed by atoms with Gasteiger partial charge in [-0.05, 0) is 31.9 Å². The van der Waals surface area contributed by atoms with E-state index in [1.807, 2.05) is 39.0 Å². The summed E-state index contributed by atoms with van der Waals surface area (Å²) in [7, 11) is 0. The molecule has 0 saturated carbocycles. The molecule has 0 unspecified atom stereocenters. The normalized spacial score (nSPS) is 11.0. The summed E-state index contributed by atoms with van der Waals surface area (Å²) < 4.78 is 1.73. The summed E-state index contributed by atoms with van der Waals surface area (Å²) in [4.78, 5) is 12.6. The summed E-state index contributed by atoms with van der Waals surface area (Å²) >= 11 is 1.48. The Morgan fingerprint density at radius 1 is 1.32 bits per heavy atom. The maximum absolute atomic E-state index is 11.8. The predicted molar refractivity (Wildman–Crippen MR) is 87.1 cm³/mol. The van der Waals surface area contributed by atoms with Crippen molar-refractivity contribution in [3.63, 3.8) is 0 Å². The third-order valence-electron chi connectivity index (χ3n) is 3.38. The fourth-order valence-corrected chi connectivity index (χ4v) is 3.04. The molecule has 0 aliphatic carbocycles. The van der Waals surface area contributed by atoms with Crippen LogP contribution in [0.15, 0.2) is 18.2 Å². The highest BCUT2D eigenvalue weighted by Crippen LogP contribution is 2.29. The number of benzene rings is 1. The van der Waals surface area contributed by atoms with Crippen molar-refractivity contribution >= 4 is 27.9 Å². The molecule has 114 valence electrons. The molecule has 0 atom stereocenters. The lowest BCUT2D eigenvalue weighted by Crippen LogP contribution is -2.11. The van der Waals surface area contributed by atoms with Crippen molar-refractivity contribution in [3.05, 3.63) is 29.6 Å². The Hall–Kier alpha value is -2.28. The Bertz CT molecular complexity index is 836. The predicted octanol–water partition coefficient (Wildman–Crippen LogP) is 3.21. The van der Waals surface area contributed by atoms with E-state index < -0.39 is 0 Å². The Morgan fingerprint density at radius 2 is 2.14 bits per heavy atom. The third-order valence-corrected chi connectivity index (χ3v) is 4.33. The number of aromatic nitrogens is 4. The van der Waals surface area contributed by atoms with Crippen molar-refractivity contribution in [2.45, 2.75) is 33.6 Å². The number of carbonyl (C=O) groups is 1. The first-order valence-corrected chi connectivity index (χ1v) is 8.00. The van der Waals surface area contributed by atoms with Gasteiger partial charge in [0.2, 0.25) is 10.9 Å². The molecule has 2 heterocycles. The molecule has 0 aliphatic rings. The fraction of sp³-hybridized carbons (Fsp3) is 0.333. The maximum Gasteiger partial charge on any atom is 0.234 e. The van der Waals surface area contributed by atoms with Gasteiger partial charge in [0.15, 0.2) is 5.82 Å². The number of nitrogens with one attached hydrogen (secondary N) is 1. The van der Waals surface area contributed by atoms with Gasteiger partial charge >= 0.3 is 0 Å². The van der Waals surface area contributed by atoms with Crippen molar-refractivity contribution < 1.29 is 4.79 Å². The van der Waals surface area contributed by atoms with Crippen LogP contribution >= 0.6 is 11.3 Å². The van der Waals surface area contributed by atoms with Crippen molar-refractivity contribution in [3.8, 4) is 10.6 Å². The second-order valence-corrected chi connectivity index (χ2v) is 6.13. The molecule has 0 aliphatic heterocycles. The largest absolute Gasteiger partial charge is 0.326 e. The van der Waals surface area contributed by atoms with Crippen LogP contribution in [0.3, 0.4) is 0 Å². The van der Waals surface area contributed by atoms with Crippen molar-refractivity contribution in [1.82, 2.24) is 19.8 Å². The van der Waals surface area contributed by atoms with E-state index >= 15 is 0 Å². The lowest BCUT2D eigenvalue weighted by Gasteiger charge is -2.09. The molecule has 1 aromatic carbocycles. The van der Waals surface area contributed by atoms with Gasteiger partial charge in [0, 0.05) is 17.7 Å². The van der Waals surface area contributed by atoms with Gasteiger partial charge in [0.1, 0.15) is 5.01 Å². The van der Waals surface area contributed by atoms with E-state index in [1.165, 1.54) is 11.3 Å². The van der Waals surface area contributed by atoms with Crippen LogP contribution in [0.1, 0.15) is 31.2 Å². The zero-order valence-electron chi connectivity index (χ0n) is 12.8. The van der Waals surface area contributed by atoms with Crippen molar-refractivity contribution in [2.24, 2.45) is 0 Å². The highest BCUT2D eigenvalue weighted by Gasteiger charge is 2.12. The number of amides is 1. The molecular weight excluding hydrogens is 298 g/mol. The van der Waals surface area contributed by atoms with Gasteiger partial charge in [-0.2, -0.15) is 9.61 Å². The molecule has 22 heavy (non-hydrogen) atoms. The van der Waals surface area contributed by atoms with Crippen LogP contribution < -0.4 is 5.32 Å². The Balaban J connectivity index is 1.95. The van der Waals surface area contributed by atoms with Crippen LogP contribution in [-0.4, -0.2) is 25.7 Å². The molecule has 0 saturated heterocycles. The summed E-state index contributed by atoms with van der Waals surface area (Å²) in [6.07, 6.45) is 1.36. The van der Waals surface area contributed by atoms with Crippen LogP contribution in [-0.2, 0) is 4.79 Å². The van der Waals surface area contributed by atoms with Gasteiger partial charge in [-0.15, -0.1) is 10.2 Å². The average Bonchev–Trinajstić information content (AvgIpc) is 3.04. The standard InChI is InChI=1S/C15H17N5OS/c1-4-5-13(21)16-12-8-11(7-6-9(12)2)14-19-20-10(3)17-18-15(20)22-14/h6-8H,4-5H2,1-3H3,(H,16,21). The van der Waals surface area contributed by atoms with Crippen LogP contribution in [0.25, 0.3) is 15.5 Å². The highest BCUT2D eigenvalue weighted by atomic mass is 32.1. The maximum atomic E-state index is 11.8. The number of nitrogens with zero attached hydrogens (tertiary/aromatic N) is 4. The van der Waals surface area contributed by atoms with E-state index in [1.54, 1.807) is 4.52 Å². The lowest BCUT2D eigenvalue weighted by atomic mass is 10.1. The van der Waals surface area contributed by atoms with Gasteiger partial charge < -0.3 is 5.32 Å². The second-order valence-electron chi connectivity index (χ2n) is 5.18. The molecule has 2 aromatic heterocycles. The van der Waals surface area contributed by atoms with Gasteiger partial charge in [-0.1, -0.05) is 30.4 Å². The Kier molecular flexibility index (Phi) is 3.89. The number of carbonyl (C=O) groups excluding carboxylic acids is 1. The summed E-state index contributed by atoms with van der Waals surface area (Å²) in [6.45, 7) is 5.84. The van der Waals surface area contributed by atoms with E-state index in [9.17, 15) is 4.79 Å². The molecule has 1 amide bonds. The zero-order chi connectivity index (χ0) is 15.7. The van der Waals surface area contributed by atoms with Crippen molar-refractivity contribution in [1.29, 1.82) is 0 Å². The number of hydrogen-bond acceptors (Lipinski definition) is 5. The van der Waals surface area contributed by atoms with E-state index in [4.69, 9.17) is 0 Å². The van der Waals surface area contributed by atoms with Gasteiger partial charge in [-0.25, -0.2) is 0 Å². The second kappa shape index (κ2) is 5.84. The zero-order valence-corrected chi connectivity index (χ0v) is 13.6. The van der Waals surface area contributed by atoms with Gasteiger partial charge in [-0.3, -0.25) is 4.79 Å². The third kappa shape index (κ3) is 2.71. The smallest absolute Gasteiger partial charge is 0.234 e. The molecular formula is C15H17N5OS. The summed E-state index contributed by atoms with van der Waals surface area (Å²) in [5.41, 5.74) is 2.83. The van der Waals surface area contributed by atoms with Gasteiger partial charge in [0.05, 0.1) is 0 Å². The quantitative estimate of drug-likeness (QED) is 0.802. The van der Waals surface area contributed by atoms with E-state index in [0.717, 1.165) is 39.0 Å².